The molecule has 1 aliphatic heterocycles. The molecule has 2 amide bonds. The molecule has 0 N–H and O–H groups in total. The highest BCUT2D eigenvalue weighted by molar-refractivity contribution is 6.42. The van der Waals surface area contributed by atoms with Crippen LogP contribution in [0.1, 0.15) is 18.4 Å². The minimum Gasteiger partial charge on any atom is -0.339 e. The molecule has 1 heterocycles. The molecule has 1 saturated heterocycles. The number of hydrogen-bond acceptors (Lipinski definition) is 2. The summed E-state index contributed by atoms with van der Waals surface area (Å²) in [6.07, 6.45) is 2.36. The summed E-state index contributed by atoms with van der Waals surface area (Å²) in [6.45, 7) is 2.50. The Morgan fingerprint density at radius 2 is 1.64 bits per heavy atom. The van der Waals surface area contributed by atoms with Gasteiger partial charge in [-0.05, 0) is 30.5 Å². The zero-order chi connectivity index (χ0) is 15.7. The molecule has 4 nitrogen and oxygen atoms in total. The fraction of sp³-hybridized carbons (Fsp3) is 0.500. The topological polar surface area (TPSA) is 40.6 Å². The maximum atomic E-state index is 12.3. The van der Waals surface area contributed by atoms with Crippen LogP contribution in [-0.4, -0.2) is 47.8 Å². The molecular formula is C16H18Cl2N2O2. The number of nitrogens with zero attached hydrogens (tertiary/aromatic N) is 2. The maximum absolute atomic E-state index is 12.3. The number of hydrogen-bond donors (Lipinski definition) is 0. The van der Waals surface area contributed by atoms with E-state index in [9.17, 15) is 9.59 Å². The maximum Gasteiger partial charge on any atom is 0.227 e. The van der Waals surface area contributed by atoms with Crippen molar-refractivity contribution in [3.63, 3.8) is 0 Å². The van der Waals surface area contributed by atoms with Gasteiger partial charge in [-0.2, -0.15) is 0 Å². The van der Waals surface area contributed by atoms with Gasteiger partial charge in [0.1, 0.15) is 0 Å². The molecule has 2 fully saturated rings. The summed E-state index contributed by atoms with van der Waals surface area (Å²) in [4.78, 5) is 28.0. The quantitative estimate of drug-likeness (QED) is 0.848. The van der Waals surface area contributed by atoms with Crippen LogP contribution in [0.25, 0.3) is 0 Å². The van der Waals surface area contributed by atoms with E-state index >= 15 is 0 Å². The first kappa shape index (κ1) is 15.6. The Bertz CT molecular complexity index is 594. The van der Waals surface area contributed by atoms with E-state index in [1.54, 1.807) is 12.1 Å². The average Bonchev–Trinajstić information content (AvgIpc) is 3.35. The second kappa shape index (κ2) is 6.47. The van der Waals surface area contributed by atoms with Crippen LogP contribution in [0.2, 0.25) is 10.0 Å². The van der Waals surface area contributed by atoms with E-state index in [4.69, 9.17) is 23.2 Å². The molecule has 1 saturated carbocycles. The van der Waals surface area contributed by atoms with E-state index in [1.807, 2.05) is 15.9 Å². The van der Waals surface area contributed by atoms with Crippen molar-refractivity contribution in [1.29, 1.82) is 0 Å². The third kappa shape index (κ3) is 3.55. The summed E-state index contributed by atoms with van der Waals surface area (Å²) >= 11 is 11.8. The van der Waals surface area contributed by atoms with E-state index in [-0.39, 0.29) is 17.7 Å². The second-order valence-electron chi connectivity index (χ2n) is 5.91. The molecule has 2 aliphatic rings. The third-order valence-corrected chi connectivity index (χ3v) is 4.95. The second-order valence-corrected chi connectivity index (χ2v) is 6.72. The fourth-order valence-corrected chi connectivity index (χ4v) is 3.02. The minimum atomic E-state index is 0.0666. The van der Waals surface area contributed by atoms with Crippen LogP contribution in [0.15, 0.2) is 18.2 Å². The molecule has 3 rings (SSSR count). The van der Waals surface area contributed by atoms with Gasteiger partial charge in [-0.25, -0.2) is 0 Å². The first-order chi connectivity index (χ1) is 10.5. The Morgan fingerprint density at radius 3 is 2.23 bits per heavy atom. The molecule has 0 spiro atoms. The van der Waals surface area contributed by atoms with Gasteiger partial charge >= 0.3 is 0 Å². The monoisotopic (exact) mass is 340 g/mol. The molecule has 118 valence electrons. The van der Waals surface area contributed by atoms with E-state index < -0.39 is 0 Å². The first-order valence-electron chi connectivity index (χ1n) is 7.55. The van der Waals surface area contributed by atoms with Crippen LogP contribution in [0.3, 0.4) is 0 Å². The molecule has 0 bridgehead atoms. The fourth-order valence-electron chi connectivity index (χ4n) is 2.70. The van der Waals surface area contributed by atoms with Crippen molar-refractivity contribution >= 4 is 35.0 Å². The van der Waals surface area contributed by atoms with Crippen molar-refractivity contribution in [2.75, 3.05) is 26.2 Å². The van der Waals surface area contributed by atoms with Crippen molar-refractivity contribution < 1.29 is 9.59 Å². The highest BCUT2D eigenvalue weighted by Gasteiger charge is 2.35. The zero-order valence-corrected chi connectivity index (χ0v) is 13.7. The van der Waals surface area contributed by atoms with Crippen LogP contribution >= 0.6 is 23.2 Å². The molecule has 0 radical (unpaired) electrons. The van der Waals surface area contributed by atoms with Crippen LogP contribution in [-0.2, 0) is 16.0 Å². The Morgan fingerprint density at radius 1 is 1.00 bits per heavy atom. The van der Waals surface area contributed by atoms with Gasteiger partial charge in [0.25, 0.3) is 0 Å². The molecule has 1 aliphatic carbocycles. The van der Waals surface area contributed by atoms with Crippen LogP contribution in [0.5, 0.6) is 0 Å². The Balaban J connectivity index is 1.53. The normalized spacial score (nSPS) is 18.5. The van der Waals surface area contributed by atoms with Crippen molar-refractivity contribution in [3.8, 4) is 0 Å². The smallest absolute Gasteiger partial charge is 0.227 e. The lowest BCUT2D eigenvalue weighted by molar-refractivity contribution is -0.140. The lowest BCUT2D eigenvalue weighted by Gasteiger charge is -2.35. The number of carbonyl (C=O) groups excluding carboxylic acids is 2. The van der Waals surface area contributed by atoms with Crippen LogP contribution in [0.4, 0.5) is 0 Å². The predicted octanol–water partition coefficient (Wildman–Crippen LogP) is 2.62. The summed E-state index contributed by atoms with van der Waals surface area (Å²) in [5, 5.41) is 0.955. The third-order valence-electron chi connectivity index (χ3n) is 4.21. The van der Waals surface area contributed by atoms with Crippen LogP contribution in [0, 0.1) is 5.92 Å². The number of halogens is 2. The Labute approximate surface area is 140 Å². The number of benzene rings is 1. The summed E-state index contributed by atoms with van der Waals surface area (Å²) in [5.41, 5.74) is 0.857. The SMILES string of the molecule is O=C(Cc1ccc(Cl)c(Cl)c1)N1CCN(C(=O)C2CC2)CC1. The molecule has 1 aromatic rings. The molecule has 6 heteroatoms. The minimum absolute atomic E-state index is 0.0666. The molecule has 0 unspecified atom stereocenters. The van der Waals surface area contributed by atoms with E-state index in [0.717, 1.165) is 18.4 Å². The molecule has 0 aromatic heterocycles. The first-order valence-corrected chi connectivity index (χ1v) is 8.30. The number of piperazine rings is 1. The van der Waals surface area contributed by atoms with Crippen molar-refractivity contribution in [2.45, 2.75) is 19.3 Å². The van der Waals surface area contributed by atoms with Gasteiger partial charge < -0.3 is 9.80 Å². The van der Waals surface area contributed by atoms with Gasteiger partial charge in [0.15, 0.2) is 0 Å². The van der Waals surface area contributed by atoms with Crippen LogP contribution < -0.4 is 0 Å². The summed E-state index contributed by atoms with van der Waals surface area (Å²) in [5.74, 6) is 0.576. The van der Waals surface area contributed by atoms with E-state index in [2.05, 4.69) is 0 Å². The van der Waals surface area contributed by atoms with Crippen molar-refractivity contribution in [2.24, 2.45) is 5.92 Å². The van der Waals surface area contributed by atoms with Crippen molar-refractivity contribution in [3.05, 3.63) is 33.8 Å². The predicted molar refractivity (Wildman–Crippen MR) is 86.1 cm³/mol. The summed E-state index contributed by atoms with van der Waals surface area (Å²) in [6, 6.07) is 5.26. The van der Waals surface area contributed by atoms with Gasteiger partial charge in [0, 0.05) is 32.1 Å². The summed E-state index contributed by atoms with van der Waals surface area (Å²) < 4.78 is 0. The standard InChI is InChI=1S/C16H18Cl2N2O2/c17-13-4-1-11(9-14(13)18)10-15(21)19-5-7-20(8-6-19)16(22)12-2-3-12/h1,4,9,12H,2-3,5-8,10H2. The van der Waals surface area contributed by atoms with Gasteiger partial charge in [0.05, 0.1) is 16.5 Å². The number of rotatable bonds is 3. The molecular weight excluding hydrogens is 323 g/mol. The molecule has 22 heavy (non-hydrogen) atoms. The van der Waals surface area contributed by atoms with Gasteiger partial charge in [-0.3, -0.25) is 9.59 Å². The highest BCUT2D eigenvalue weighted by Crippen LogP contribution is 2.31. The largest absolute Gasteiger partial charge is 0.339 e. The highest BCUT2D eigenvalue weighted by atomic mass is 35.5. The molecule has 0 atom stereocenters. The Hall–Kier alpha value is -1.26. The van der Waals surface area contributed by atoms with Gasteiger partial charge in [0.2, 0.25) is 11.8 Å². The number of carbonyl (C=O) groups is 2. The number of amides is 2. The zero-order valence-electron chi connectivity index (χ0n) is 12.2. The average molecular weight is 341 g/mol. The lowest BCUT2D eigenvalue weighted by Crippen LogP contribution is -2.51. The lowest BCUT2D eigenvalue weighted by atomic mass is 10.1. The van der Waals surface area contributed by atoms with E-state index in [0.29, 0.717) is 42.6 Å². The van der Waals surface area contributed by atoms with Crippen molar-refractivity contribution in [1.82, 2.24) is 9.80 Å². The Kier molecular flexibility index (Phi) is 4.59. The van der Waals surface area contributed by atoms with Gasteiger partial charge in [-0.15, -0.1) is 0 Å². The van der Waals surface area contributed by atoms with Gasteiger partial charge in [-0.1, -0.05) is 29.3 Å². The summed E-state index contributed by atoms with van der Waals surface area (Å²) in [7, 11) is 0. The molecule has 1 aromatic carbocycles. The van der Waals surface area contributed by atoms with E-state index in [1.165, 1.54) is 0 Å².